The fraction of sp³-hybridized carbons (Fsp3) is 0.350. The number of hydrogen-bond donors (Lipinski definition) is 1. The van der Waals surface area contributed by atoms with Gasteiger partial charge < -0.3 is 15.0 Å². The second-order valence-corrected chi connectivity index (χ2v) is 6.26. The van der Waals surface area contributed by atoms with Crippen LogP contribution in [0.2, 0.25) is 0 Å². The van der Waals surface area contributed by atoms with Crippen LogP contribution < -0.4 is 10.2 Å². The summed E-state index contributed by atoms with van der Waals surface area (Å²) < 4.78 is 5.31. The first kappa shape index (κ1) is 16.5. The number of carbonyl (C=O) groups is 1. The molecule has 3 rings (SSSR count). The third kappa shape index (κ3) is 4.36. The Kier molecular flexibility index (Phi) is 5.49. The van der Waals surface area contributed by atoms with E-state index in [2.05, 4.69) is 41.5 Å². The second-order valence-electron chi connectivity index (χ2n) is 6.26. The standard InChI is InChI=1S/C20H24N2O2/c1-22(15-16-5-3-2-4-6-16)19-9-7-18(8-10-19)21-20(23)17-11-13-24-14-12-17/h2-10,17H,11-15H2,1H3,(H,21,23). The van der Waals surface area contributed by atoms with Crippen molar-refractivity contribution in [3.05, 3.63) is 60.2 Å². The van der Waals surface area contributed by atoms with Crippen molar-refractivity contribution in [1.29, 1.82) is 0 Å². The van der Waals surface area contributed by atoms with Gasteiger partial charge in [-0.2, -0.15) is 0 Å². The van der Waals surface area contributed by atoms with Crippen LogP contribution in [0.5, 0.6) is 0 Å². The number of ether oxygens (including phenoxy) is 1. The minimum atomic E-state index is 0.0687. The normalized spacial score (nSPS) is 15.0. The molecule has 2 aromatic rings. The molecule has 0 atom stereocenters. The van der Waals surface area contributed by atoms with E-state index < -0.39 is 0 Å². The van der Waals surface area contributed by atoms with Crippen LogP contribution in [0, 0.1) is 5.92 Å². The molecule has 1 heterocycles. The highest BCUT2D eigenvalue weighted by atomic mass is 16.5. The third-order valence-corrected chi connectivity index (χ3v) is 4.43. The molecule has 1 amide bonds. The molecule has 0 radical (unpaired) electrons. The number of nitrogens with one attached hydrogen (secondary N) is 1. The van der Waals surface area contributed by atoms with Gasteiger partial charge in [-0.1, -0.05) is 30.3 Å². The molecule has 1 saturated heterocycles. The van der Waals surface area contributed by atoms with Gasteiger partial charge in [0.2, 0.25) is 5.91 Å². The Morgan fingerprint density at radius 1 is 1.08 bits per heavy atom. The summed E-state index contributed by atoms with van der Waals surface area (Å²) in [5.41, 5.74) is 3.25. The third-order valence-electron chi connectivity index (χ3n) is 4.43. The maximum atomic E-state index is 12.3. The SMILES string of the molecule is CN(Cc1ccccc1)c1ccc(NC(=O)C2CCOCC2)cc1. The molecule has 0 spiro atoms. The molecule has 4 nitrogen and oxygen atoms in total. The molecular weight excluding hydrogens is 300 g/mol. The molecule has 24 heavy (non-hydrogen) atoms. The summed E-state index contributed by atoms with van der Waals surface area (Å²) in [4.78, 5) is 14.4. The largest absolute Gasteiger partial charge is 0.381 e. The lowest BCUT2D eigenvalue weighted by Gasteiger charge is -2.22. The maximum absolute atomic E-state index is 12.3. The lowest BCUT2D eigenvalue weighted by Crippen LogP contribution is -2.28. The van der Waals surface area contributed by atoms with Crippen molar-refractivity contribution in [3.8, 4) is 0 Å². The highest BCUT2D eigenvalue weighted by Gasteiger charge is 2.21. The van der Waals surface area contributed by atoms with Crippen LogP contribution in [0.15, 0.2) is 54.6 Å². The highest BCUT2D eigenvalue weighted by Crippen LogP contribution is 2.21. The van der Waals surface area contributed by atoms with Crippen molar-refractivity contribution in [1.82, 2.24) is 0 Å². The summed E-state index contributed by atoms with van der Waals surface area (Å²) in [7, 11) is 2.07. The molecule has 0 aliphatic carbocycles. The molecule has 1 N–H and O–H groups in total. The van der Waals surface area contributed by atoms with E-state index >= 15 is 0 Å². The lowest BCUT2D eigenvalue weighted by atomic mass is 9.99. The van der Waals surface area contributed by atoms with E-state index in [1.807, 2.05) is 30.3 Å². The molecule has 0 saturated carbocycles. The summed E-state index contributed by atoms with van der Waals surface area (Å²) in [6, 6.07) is 18.4. The number of anilines is 2. The molecule has 0 aromatic heterocycles. The summed E-state index contributed by atoms with van der Waals surface area (Å²) >= 11 is 0. The van der Waals surface area contributed by atoms with E-state index in [4.69, 9.17) is 4.74 Å². The molecule has 0 bridgehead atoms. The van der Waals surface area contributed by atoms with Crippen LogP contribution in [0.4, 0.5) is 11.4 Å². The average Bonchev–Trinajstić information content (AvgIpc) is 2.64. The van der Waals surface area contributed by atoms with E-state index in [-0.39, 0.29) is 11.8 Å². The van der Waals surface area contributed by atoms with Crippen LogP contribution in [-0.4, -0.2) is 26.2 Å². The topological polar surface area (TPSA) is 41.6 Å². The van der Waals surface area contributed by atoms with Gasteiger partial charge in [-0.25, -0.2) is 0 Å². The Bertz CT molecular complexity index is 649. The summed E-state index contributed by atoms with van der Waals surface area (Å²) in [5, 5.41) is 3.01. The Hall–Kier alpha value is -2.33. The predicted octanol–water partition coefficient (Wildman–Crippen LogP) is 3.69. The van der Waals surface area contributed by atoms with E-state index in [1.54, 1.807) is 0 Å². The minimum absolute atomic E-state index is 0.0687. The zero-order chi connectivity index (χ0) is 16.8. The molecule has 0 unspecified atom stereocenters. The lowest BCUT2D eigenvalue weighted by molar-refractivity contribution is -0.122. The van der Waals surface area contributed by atoms with Crippen LogP contribution in [-0.2, 0) is 16.1 Å². The van der Waals surface area contributed by atoms with Crippen molar-refractivity contribution in [3.63, 3.8) is 0 Å². The highest BCUT2D eigenvalue weighted by molar-refractivity contribution is 5.92. The molecular formula is C20H24N2O2. The zero-order valence-corrected chi connectivity index (χ0v) is 14.1. The number of carbonyl (C=O) groups excluding carboxylic acids is 1. The van der Waals surface area contributed by atoms with E-state index in [1.165, 1.54) is 5.56 Å². The Labute approximate surface area is 143 Å². The Morgan fingerprint density at radius 2 is 1.75 bits per heavy atom. The number of rotatable bonds is 5. The van der Waals surface area contributed by atoms with Crippen molar-refractivity contribution in [2.24, 2.45) is 5.92 Å². The van der Waals surface area contributed by atoms with Gasteiger partial charge in [0, 0.05) is 44.1 Å². The van der Waals surface area contributed by atoms with Gasteiger partial charge in [-0.05, 0) is 42.7 Å². The van der Waals surface area contributed by atoms with Gasteiger partial charge in [-0.15, -0.1) is 0 Å². The number of nitrogens with zero attached hydrogens (tertiary/aromatic N) is 1. The van der Waals surface area contributed by atoms with Gasteiger partial charge in [0.15, 0.2) is 0 Å². The van der Waals surface area contributed by atoms with E-state index in [0.29, 0.717) is 13.2 Å². The molecule has 1 fully saturated rings. The van der Waals surface area contributed by atoms with Gasteiger partial charge in [0.1, 0.15) is 0 Å². The molecule has 1 aliphatic rings. The maximum Gasteiger partial charge on any atom is 0.227 e. The monoisotopic (exact) mass is 324 g/mol. The van der Waals surface area contributed by atoms with Crippen molar-refractivity contribution >= 4 is 17.3 Å². The number of amides is 1. The van der Waals surface area contributed by atoms with Crippen LogP contribution in [0.3, 0.4) is 0 Å². The van der Waals surface area contributed by atoms with Crippen molar-refractivity contribution in [2.45, 2.75) is 19.4 Å². The fourth-order valence-corrected chi connectivity index (χ4v) is 2.95. The first-order valence-electron chi connectivity index (χ1n) is 8.46. The number of benzene rings is 2. The van der Waals surface area contributed by atoms with Gasteiger partial charge in [-0.3, -0.25) is 4.79 Å². The Morgan fingerprint density at radius 3 is 2.42 bits per heavy atom. The zero-order valence-electron chi connectivity index (χ0n) is 14.1. The molecule has 4 heteroatoms. The fourth-order valence-electron chi connectivity index (χ4n) is 2.95. The van der Waals surface area contributed by atoms with E-state index in [9.17, 15) is 4.79 Å². The van der Waals surface area contributed by atoms with Crippen molar-refractivity contribution < 1.29 is 9.53 Å². The second kappa shape index (κ2) is 7.97. The first-order chi connectivity index (χ1) is 11.7. The first-order valence-corrected chi connectivity index (χ1v) is 8.46. The van der Waals surface area contributed by atoms with Gasteiger partial charge in [0.25, 0.3) is 0 Å². The molecule has 126 valence electrons. The van der Waals surface area contributed by atoms with E-state index in [0.717, 1.165) is 30.8 Å². The summed E-state index contributed by atoms with van der Waals surface area (Å²) in [5.74, 6) is 0.169. The smallest absolute Gasteiger partial charge is 0.227 e. The predicted molar refractivity (Wildman–Crippen MR) is 97.2 cm³/mol. The van der Waals surface area contributed by atoms with Gasteiger partial charge in [0.05, 0.1) is 0 Å². The van der Waals surface area contributed by atoms with Crippen LogP contribution in [0.25, 0.3) is 0 Å². The molecule has 1 aliphatic heterocycles. The minimum Gasteiger partial charge on any atom is -0.381 e. The Balaban J connectivity index is 1.57. The quantitative estimate of drug-likeness (QED) is 0.912. The van der Waals surface area contributed by atoms with Crippen LogP contribution >= 0.6 is 0 Å². The summed E-state index contributed by atoms with van der Waals surface area (Å²) in [6.07, 6.45) is 1.62. The molecule has 2 aromatic carbocycles. The van der Waals surface area contributed by atoms with Crippen LogP contribution in [0.1, 0.15) is 18.4 Å². The number of hydrogen-bond acceptors (Lipinski definition) is 3. The van der Waals surface area contributed by atoms with Crippen molar-refractivity contribution in [2.75, 3.05) is 30.5 Å². The average molecular weight is 324 g/mol. The van der Waals surface area contributed by atoms with Gasteiger partial charge >= 0.3 is 0 Å². The summed E-state index contributed by atoms with van der Waals surface area (Å²) in [6.45, 7) is 2.22.